The summed E-state index contributed by atoms with van der Waals surface area (Å²) >= 11 is 1.67. The average Bonchev–Trinajstić information content (AvgIpc) is 3.40. The van der Waals surface area contributed by atoms with Crippen LogP contribution in [0, 0.1) is 39.0 Å². The van der Waals surface area contributed by atoms with Crippen LogP contribution in [0.4, 0.5) is 0 Å². The molecular formula is C30H33N3O5S. The fourth-order valence-electron chi connectivity index (χ4n) is 7.84. The number of phenols is 1. The monoisotopic (exact) mass is 547 g/mol. The lowest BCUT2D eigenvalue weighted by Gasteiger charge is -2.62. The largest absolute Gasteiger partial charge is 0.507 e. The zero-order valence-electron chi connectivity index (χ0n) is 22.9. The number of aryl methyl sites for hydroxylation is 1. The number of hydrogen-bond acceptors (Lipinski definition) is 9. The lowest BCUT2D eigenvalue weighted by Crippen LogP contribution is -2.69. The summed E-state index contributed by atoms with van der Waals surface area (Å²) in [5.74, 6) is 1.68. The zero-order chi connectivity index (χ0) is 27.3. The number of nitrogens with zero attached hydrogens (tertiary/aromatic N) is 3. The molecule has 0 spiro atoms. The van der Waals surface area contributed by atoms with E-state index in [0.29, 0.717) is 29.2 Å². The number of likely N-dealkylation sites (N-methyl/N-ethyl adjacent to an activating group) is 1. The molecule has 1 unspecified atom stereocenters. The molecule has 2 saturated heterocycles. The van der Waals surface area contributed by atoms with Crippen LogP contribution in [0.5, 0.6) is 17.2 Å². The van der Waals surface area contributed by atoms with E-state index in [1.54, 1.807) is 11.8 Å². The van der Waals surface area contributed by atoms with Gasteiger partial charge in [0.2, 0.25) is 6.79 Å². The van der Waals surface area contributed by atoms with E-state index in [-0.39, 0.29) is 48.5 Å². The molecule has 5 aliphatic rings. The number of piperazine rings is 1. The Hall–Kier alpha value is -2.93. The number of cyclic esters (lactones) is 1. The highest BCUT2D eigenvalue weighted by Gasteiger charge is 2.59. The van der Waals surface area contributed by atoms with Crippen LogP contribution in [0.3, 0.4) is 0 Å². The van der Waals surface area contributed by atoms with E-state index in [9.17, 15) is 15.2 Å². The number of phenolic OH excluding ortho intramolecular Hbond substituents is 1. The SMILES string of the molecule is Cc1cc2c(c(C)c1C)[C@@H]1C3[C@@H]4SCCC(=O)OC[C@H](c5c6c(c(C)c(O)c54)OCO6)N3[C@@H](C#N)[C@@H](C2)N1C. The number of thioether (sulfide) groups is 1. The van der Waals surface area contributed by atoms with Crippen molar-refractivity contribution in [3.63, 3.8) is 0 Å². The van der Waals surface area contributed by atoms with Gasteiger partial charge >= 0.3 is 5.97 Å². The number of benzene rings is 2. The van der Waals surface area contributed by atoms with Crippen molar-refractivity contribution in [2.45, 2.75) is 76.0 Å². The fourth-order valence-corrected chi connectivity index (χ4v) is 9.27. The second kappa shape index (κ2) is 8.79. The van der Waals surface area contributed by atoms with E-state index in [0.717, 1.165) is 17.5 Å². The molecule has 5 aliphatic heterocycles. The highest BCUT2D eigenvalue weighted by molar-refractivity contribution is 7.99. The van der Waals surface area contributed by atoms with Crippen LogP contribution in [0.2, 0.25) is 0 Å². The van der Waals surface area contributed by atoms with E-state index in [1.807, 2.05) is 6.92 Å². The van der Waals surface area contributed by atoms with Gasteiger partial charge in [-0.25, -0.2) is 0 Å². The number of nitriles is 1. The number of hydrogen-bond donors (Lipinski definition) is 1. The molecule has 7 rings (SSSR count). The Bertz CT molecular complexity index is 1470. The highest BCUT2D eigenvalue weighted by atomic mass is 32.2. The third kappa shape index (κ3) is 3.28. The Balaban J connectivity index is 1.54. The average molecular weight is 548 g/mol. The molecular weight excluding hydrogens is 514 g/mol. The minimum atomic E-state index is -0.442. The number of aromatic hydroxyl groups is 1. The van der Waals surface area contributed by atoms with Gasteiger partial charge in [0.15, 0.2) is 11.5 Å². The van der Waals surface area contributed by atoms with Crippen molar-refractivity contribution < 1.29 is 24.1 Å². The molecule has 0 aliphatic carbocycles. The van der Waals surface area contributed by atoms with Gasteiger partial charge in [0, 0.05) is 34.5 Å². The lowest BCUT2D eigenvalue weighted by molar-refractivity contribution is -0.149. The number of rotatable bonds is 0. The molecule has 9 heteroatoms. The smallest absolute Gasteiger partial charge is 0.306 e. The van der Waals surface area contributed by atoms with E-state index in [4.69, 9.17) is 14.2 Å². The van der Waals surface area contributed by atoms with Gasteiger partial charge in [0.25, 0.3) is 0 Å². The molecule has 39 heavy (non-hydrogen) atoms. The topological polar surface area (TPSA) is 95.3 Å². The van der Waals surface area contributed by atoms with Crippen molar-refractivity contribution in [2.24, 2.45) is 0 Å². The van der Waals surface area contributed by atoms with Crippen LogP contribution in [-0.2, 0) is 16.0 Å². The minimum absolute atomic E-state index is 0.0102. The number of esters is 1. The van der Waals surface area contributed by atoms with Crippen molar-refractivity contribution >= 4 is 17.7 Å². The number of fused-ring (bicyclic) bond motifs is 9. The van der Waals surface area contributed by atoms with Crippen LogP contribution in [0.15, 0.2) is 6.07 Å². The molecule has 2 aromatic rings. The number of carbonyl (C=O) groups excluding carboxylic acids is 1. The van der Waals surface area contributed by atoms with Crippen LogP contribution < -0.4 is 9.47 Å². The summed E-state index contributed by atoms with van der Waals surface area (Å²) in [6.07, 6.45) is 1.08. The molecule has 0 aromatic heterocycles. The van der Waals surface area contributed by atoms with Crippen molar-refractivity contribution in [2.75, 3.05) is 26.2 Å². The van der Waals surface area contributed by atoms with Gasteiger partial charge in [-0.15, -0.1) is 0 Å². The summed E-state index contributed by atoms with van der Waals surface area (Å²) in [6.45, 7) is 8.61. The first-order valence-electron chi connectivity index (χ1n) is 13.6. The normalized spacial score (nSPS) is 31.1. The summed E-state index contributed by atoms with van der Waals surface area (Å²) in [5, 5.41) is 22.3. The Kier molecular flexibility index (Phi) is 5.65. The molecule has 0 amide bonds. The maximum atomic E-state index is 12.6. The molecule has 0 radical (unpaired) electrons. The predicted octanol–water partition coefficient (Wildman–Crippen LogP) is 4.30. The lowest BCUT2D eigenvalue weighted by atomic mass is 9.70. The number of carbonyl (C=O) groups is 1. The maximum Gasteiger partial charge on any atom is 0.306 e. The summed E-state index contributed by atoms with van der Waals surface area (Å²) in [4.78, 5) is 17.4. The third-order valence-corrected chi connectivity index (χ3v) is 11.2. The first-order valence-corrected chi connectivity index (χ1v) is 14.7. The molecule has 2 aromatic carbocycles. The molecule has 4 bridgehead atoms. The van der Waals surface area contributed by atoms with Crippen LogP contribution in [0.25, 0.3) is 0 Å². The van der Waals surface area contributed by atoms with Gasteiger partial charge in [-0.05, 0) is 69.0 Å². The fraction of sp³-hybridized carbons (Fsp3) is 0.533. The molecule has 5 heterocycles. The van der Waals surface area contributed by atoms with Gasteiger partial charge in [0.05, 0.1) is 29.8 Å². The van der Waals surface area contributed by atoms with Gasteiger partial charge < -0.3 is 19.3 Å². The van der Waals surface area contributed by atoms with Crippen molar-refractivity contribution in [3.05, 3.63) is 50.6 Å². The van der Waals surface area contributed by atoms with Gasteiger partial charge in [-0.3, -0.25) is 14.6 Å². The third-order valence-electron chi connectivity index (χ3n) is 9.86. The molecule has 2 fully saturated rings. The molecule has 8 nitrogen and oxygen atoms in total. The van der Waals surface area contributed by atoms with Crippen LogP contribution in [0.1, 0.15) is 68.3 Å². The second-order valence-electron chi connectivity index (χ2n) is 11.5. The van der Waals surface area contributed by atoms with Gasteiger partial charge in [0.1, 0.15) is 18.4 Å². The molecule has 6 atom stereocenters. The van der Waals surface area contributed by atoms with E-state index < -0.39 is 12.1 Å². The Morgan fingerprint density at radius 2 is 1.82 bits per heavy atom. The Morgan fingerprint density at radius 1 is 1.05 bits per heavy atom. The van der Waals surface area contributed by atoms with E-state index in [1.165, 1.54) is 27.8 Å². The van der Waals surface area contributed by atoms with E-state index >= 15 is 0 Å². The summed E-state index contributed by atoms with van der Waals surface area (Å²) in [5.41, 5.74) is 8.83. The summed E-state index contributed by atoms with van der Waals surface area (Å²) in [6, 6.07) is 3.96. The van der Waals surface area contributed by atoms with E-state index in [2.05, 4.69) is 49.8 Å². The quantitative estimate of drug-likeness (QED) is 0.484. The highest BCUT2D eigenvalue weighted by Crippen LogP contribution is 2.63. The zero-order valence-corrected chi connectivity index (χ0v) is 23.7. The Labute approximate surface area is 232 Å². The standard InChI is InChI=1S/C30H33N3O5S/c1-13-8-17-9-18-19(10-31)33-20-11-36-21(34)6-7-39-30(26(33)25(32(18)5)22(17)15(3)14(13)2)24-23(20)29-28(37-12-38-29)16(4)27(24)35/h8,18-20,25-26,30,35H,6-7,9,11-12H2,1-5H3/t18-,19+,20-,25-,26?,30-/m1/s1. The van der Waals surface area contributed by atoms with Crippen LogP contribution in [-0.4, -0.2) is 65.2 Å². The Morgan fingerprint density at radius 3 is 2.59 bits per heavy atom. The maximum absolute atomic E-state index is 12.6. The van der Waals surface area contributed by atoms with Crippen molar-refractivity contribution in [1.29, 1.82) is 5.26 Å². The molecule has 204 valence electrons. The van der Waals surface area contributed by atoms with Gasteiger partial charge in [-0.1, -0.05) is 6.07 Å². The number of ether oxygens (including phenoxy) is 3. The first-order chi connectivity index (χ1) is 18.7. The first kappa shape index (κ1) is 25.1. The van der Waals surface area contributed by atoms with Crippen molar-refractivity contribution in [3.8, 4) is 23.3 Å². The molecule has 0 saturated carbocycles. The summed E-state index contributed by atoms with van der Waals surface area (Å²) in [7, 11) is 2.15. The predicted molar refractivity (Wildman–Crippen MR) is 146 cm³/mol. The van der Waals surface area contributed by atoms with Crippen molar-refractivity contribution in [1.82, 2.24) is 9.80 Å². The molecule has 1 N–H and O–H groups in total. The summed E-state index contributed by atoms with van der Waals surface area (Å²) < 4.78 is 17.7. The van der Waals surface area contributed by atoms with Gasteiger partial charge in [-0.2, -0.15) is 17.0 Å². The minimum Gasteiger partial charge on any atom is -0.507 e. The second-order valence-corrected chi connectivity index (χ2v) is 12.8. The van der Waals surface area contributed by atoms with Crippen LogP contribution >= 0.6 is 11.8 Å².